The third-order valence-corrected chi connectivity index (χ3v) is 3.19. The Hall–Kier alpha value is -2.95. The fourth-order valence-corrected chi connectivity index (χ4v) is 2.04. The Bertz CT molecular complexity index is 750. The number of allylic oxidation sites excluding steroid dienone is 1. The number of carbonyl (C=O) groups is 1. The number of ketones is 1. The number of rotatable bonds is 5. The molecule has 0 heterocycles. The number of non-ortho nitro benzene ring substituents is 1. The summed E-state index contributed by atoms with van der Waals surface area (Å²) in [6.07, 6.45) is 2.97. The van der Waals surface area contributed by atoms with Gasteiger partial charge in [-0.3, -0.25) is 14.9 Å². The van der Waals surface area contributed by atoms with Gasteiger partial charge in [0.05, 0.1) is 12.0 Å². The zero-order valence-electron chi connectivity index (χ0n) is 12.3. The first-order valence-electron chi connectivity index (χ1n) is 6.63. The van der Waals surface area contributed by atoms with E-state index in [0.717, 1.165) is 11.3 Å². The molecule has 2 rings (SSSR count). The molecule has 0 radical (unpaired) electrons. The molecular formula is C17H15NO4. The molecule has 112 valence electrons. The highest BCUT2D eigenvalue weighted by Gasteiger charge is 2.07. The van der Waals surface area contributed by atoms with Gasteiger partial charge in [0.1, 0.15) is 5.75 Å². The molecule has 0 atom stereocenters. The summed E-state index contributed by atoms with van der Waals surface area (Å²) in [5, 5.41) is 10.7. The highest BCUT2D eigenvalue weighted by molar-refractivity contribution is 6.07. The van der Waals surface area contributed by atoms with Crippen molar-refractivity contribution >= 4 is 17.5 Å². The molecule has 0 saturated heterocycles. The van der Waals surface area contributed by atoms with Crippen molar-refractivity contribution in [2.75, 3.05) is 7.11 Å². The van der Waals surface area contributed by atoms with Crippen molar-refractivity contribution in [3.05, 3.63) is 75.3 Å². The van der Waals surface area contributed by atoms with Gasteiger partial charge in [0.25, 0.3) is 5.69 Å². The third-order valence-electron chi connectivity index (χ3n) is 3.19. The molecule has 22 heavy (non-hydrogen) atoms. The zero-order valence-corrected chi connectivity index (χ0v) is 12.3. The maximum absolute atomic E-state index is 12.1. The number of methoxy groups -OCH3 is 1. The predicted molar refractivity (Wildman–Crippen MR) is 84.2 cm³/mol. The molecule has 2 aromatic carbocycles. The fourth-order valence-electron chi connectivity index (χ4n) is 2.04. The molecule has 0 N–H and O–H groups in total. The molecule has 0 fully saturated rings. The van der Waals surface area contributed by atoms with Crippen LogP contribution < -0.4 is 4.74 Å². The third kappa shape index (κ3) is 3.58. The molecule has 0 saturated carbocycles. The summed E-state index contributed by atoms with van der Waals surface area (Å²) in [7, 11) is 1.58. The van der Waals surface area contributed by atoms with Crippen LogP contribution in [-0.4, -0.2) is 17.8 Å². The van der Waals surface area contributed by atoms with Crippen LogP contribution in [0.2, 0.25) is 0 Å². The topological polar surface area (TPSA) is 69.4 Å². The Kier molecular flexibility index (Phi) is 4.68. The first-order chi connectivity index (χ1) is 10.5. The molecule has 0 bridgehead atoms. The summed E-state index contributed by atoms with van der Waals surface area (Å²) >= 11 is 0. The van der Waals surface area contributed by atoms with Gasteiger partial charge in [0.2, 0.25) is 0 Å². The van der Waals surface area contributed by atoms with Crippen LogP contribution >= 0.6 is 0 Å². The predicted octanol–water partition coefficient (Wildman–Crippen LogP) is 3.81. The molecule has 0 aliphatic heterocycles. The number of aryl methyl sites for hydroxylation is 1. The largest absolute Gasteiger partial charge is 0.496 e. The van der Waals surface area contributed by atoms with Crippen molar-refractivity contribution in [1.29, 1.82) is 0 Å². The molecule has 0 amide bonds. The zero-order chi connectivity index (χ0) is 16.1. The van der Waals surface area contributed by atoms with Crippen LogP contribution in [0.3, 0.4) is 0 Å². The van der Waals surface area contributed by atoms with Gasteiger partial charge >= 0.3 is 0 Å². The SMILES string of the molecule is COc1ccc(C(=O)/C=C/c2cccc([N+](=O)[O-])c2)cc1C. The maximum Gasteiger partial charge on any atom is 0.270 e. The average Bonchev–Trinajstić information content (AvgIpc) is 2.52. The number of nitrogens with zero attached hydrogens (tertiary/aromatic N) is 1. The normalized spacial score (nSPS) is 10.6. The Morgan fingerprint density at radius 2 is 2.00 bits per heavy atom. The van der Waals surface area contributed by atoms with Crippen molar-refractivity contribution in [3.63, 3.8) is 0 Å². The second-order valence-corrected chi connectivity index (χ2v) is 4.73. The summed E-state index contributed by atoms with van der Waals surface area (Å²) in [6.45, 7) is 1.86. The van der Waals surface area contributed by atoms with Gasteiger partial charge in [-0.2, -0.15) is 0 Å². The molecular weight excluding hydrogens is 282 g/mol. The lowest BCUT2D eigenvalue weighted by Crippen LogP contribution is -1.96. The van der Waals surface area contributed by atoms with Crippen molar-refractivity contribution < 1.29 is 14.5 Å². The van der Waals surface area contributed by atoms with Crippen LogP contribution in [0.25, 0.3) is 6.08 Å². The van der Waals surface area contributed by atoms with E-state index in [0.29, 0.717) is 11.1 Å². The van der Waals surface area contributed by atoms with Crippen LogP contribution in [0.15, 0.2) is 48.5 Å². The van der Waals surface area contributed by atoms with E-state index < -0.39 is 4.92 Å². The van der Waals surface area contributed by atoms with Crippen molar-refractivity contribution in [3.8, 4) is 5.75 Å². The van der Waals surface area contributed by atoms with Gasteiger partial charge in [-0.1, -0.05) is 18.2 Å². The molecule has 0 aliphatic carbocycles. The van der Waals surface area contributed by atoms with Gasteiger partial charge in [-0.15, -0.1) is 0 Å². The van der Waals surface area contributed by atoms with Crippen LogP contribution in [-0.2, 0) is 0 Å². The van der Waals surface area contributed by atoms with E-state index in [2.05, 4.69) is 0 Å². The number of nitro groups is 1. The summed E-state index contributed by atoms with van der Waals surface area (Å²) < 4.78 is 5.15. The van der Waals surface area contributed by atoms with Crippen molar-refractivity contribution in [2.45, 2.75) is 6.92 Å². The maximum atomic E-state index is 12.1. The highest BCUT2D eigenvalue weighted by atomic mass is 16.6. The molecule has 0 aromatic heterocycles. The minimum Gasteiger partial charge on any atom is -0.496 e. The second kappa shape index (κ2) is 6.67. The smallest absolute Gasteiger partial charge is 0.270 e. The molecule has 2 aromatic rings. The summed E-state index contributed by atoms with van der Waals surface area (Å²) in [4.78, 5) is 22.4. The van der Waals surface area contributed by atoms with E-state index in [-0.39, 0.29) is 11.5 Å². The molecule has 0 spiro atoms. The number of hydrogen-bond acceptors (Lipinski definition) is 4. The van der Waals surface area contributed by atoms with Gasteiger partial charge in [-0.05, 0) is 42.3 Å². The first-order valence-corrected chi connectivity index (χ1v) is 6.63. The number of ether oxygens (including phenoxy) is 1. The summed E-state index contributed by atoms with van der Waals surface area (Å²) in [6, 6.07) is 11.3. The number of carbonyl (C=O) groups excluding carboxylic acids is 1. The van der Waals surface area contributed by atoms with Crippen LogP contribution in [0.5, 0.6) is 5.75 Å². The van der Waals surface area contributed by atoms with E-state index in [1.54, 1.807) is 43.5 Å². The van der Waals surface area contributed by atoms with E-state index in [1.807, 2.05) is 6.92 Å². The number of nitro benzene ring substituents is 1. The monoisotopic (exact) mass is 297 g/mol. The standard InChI is InChI=1S/C17H15NO4/c1-12-10-14(7-9-17(12)22-2)16(19)8-6-13-4-3-5-15(11-13)18(20)21/h3-11H,1-2H3/b8-6+. The minimum atomic E-state index is -0.466. The second-order valence-electron chi connectivity index (χ2n) is 4.73. The lowest BCUT2D eigenvalue weighted by atomic mass is 10.1. The minimum absolute atomic E-state index is 0.00473. The van der Waals surface area contributed by atoms with Crippen LogP contribution in [0, 0.1) is 17.0 Å². The van der Waals surface area contributed by atoms with E-state index in [4.69, 9.17) is 4.74 Å². The Labute approximate surface area is 128 Å². The van der Waals surface area contributed by atoms with E-state index in [9.17, 15) is 14.9 Å². The quantitative estimate of drug-likeness (QED) is 0.364. The average molecular weight is 297 g/mol. The Morgan fingerprint density at radius 1 is 1.23 bits per heavy atom. The van der Waals surface area contributed by atoms with E-state index in [1.165, 1.54) is 18.2 Å². The van der Waals surface area contributed by atoms with Crippen LogP contribution in [0.1, 0.15) is 21.5 Å². The highest BCUT2D eigenvalue weighted by Crippen LogP contribution is 2.19. The number of benzene rings is 2. The lowest BCUT2D eigenvalue weighted by molar-refractivity contribution is -0.384. The van der Waals surface area contributed by atoms with E-state index >= 15 is 0 Å². The molecule has 0 unspecified atom stereocenters. The summed E-state index contributed by atoms with van der Waals surface area (Å²) in [5.74, 6) is 0.552. The van der Waals surface area contributed by atoms with Gasteiger partial charge < -0.3 is 4.74 Å². The number of hydrogen-bond donors (Lipinski definition) is 0. The molecule has 5 heteroatoms. The molecule has 0 aliphatic rings. The lowest BCUT2D eigenvalue weighted by Gasteiger charge is -2.05. The Balaban J connectivity index is 2.19. The Morgan fingerprint density at radius 3 is 2.64 bits per heavy atom. The van der Waals surface area contributed by atoms with Gasteiger partial charge in [-0.25, -0.2) is 0 Å². The van der Waals surface area contributed by atoms with Gasteiger partial charge in [0, 0.05) is 17.7 Å². The summed E-state index contributed by atoms with van der Waals surface area (Å²) in [5.41, 5.74) is 2.01. The molecule has 5 nitrogen and oxygen atoms in total. The van der Waals surface area contributed by atoms with Crippen LogP contribution in [0.4, 0.5) is 5.69 Å². The fraction of sp³-hybridized carbons (Fsp3) is 0.118. The van der Waals surface area contributed by atoms with Crippen molar-refractivity contribution in [1.82, 2.24) is 0 Å². The first kappa shape index (κ1) is 15.4. The van der Waals surface area contributed by atoms with Crippen molar-refractivity contribution in [2.24, 2.45) is 0 Å². The van der Waals surface area contributed by atoms with Gasteiger partial charge in [0.15, 0.2) is 5.78 Å².